The van der Waals surface area contributed by atoms with Gasteiger partial charge in [0.15, 0.2) is 5.82 Å². The molecule has 1 aliphatic rings. The molecule has 0 saturated heterocycles. The maximum Gasteiger partial charge on any atom is 0.152 e. The molecule has 10 heavy (non-hydrogen) atoms. The molecule has 0 unspecified atom stereocenters. The number of aryl methyl sites for hydroxylation is 1. The van der Waals surface area contributed by atoms with Crippen molar-refractivity contribution in [3.63, 3.8) is 0 Å². The molecule has 2 rings (SSSR count). The number of nitrogens with one attached hydrogen (secondary N) is 2. The number of H-pyrrole nitrogens is 1. The van der Waals surface area contributed by atoms with Gasteiger partial charge in [0.1, 0.15) is 5.82 Å². The Morgan fingerprint density at radius 1 is 1.60 bits per heavy atom. The Hall–Kier alpha value is -1.25. The lowest BCUT2D eigenvalue weighted by Gasteiger charge is -2.04. The third-order valence-electron chi connectivity index (χ3n) is 1.52. The number of aromatic nitrogens is 2. The number of fused-ring (bicyclic) bond motifs is 1. The fraction of sp³-hybridized carbons (Fsp3) is 0.286. The SMILES string of the molecule is Cc1nc2c([nH]1)C=CCN2. The lowest BCUT2D eigenvalue weighted by Crippen LogP contribution is -2.03. The molecule has 0 saturated carbocycles. The second-order valence-electron chi connectivity index (χ2n) is 2.37. The van der Waals surface area contributed by atoms with E-state index in [2.05, 4.69) is 21.4 Å². The second kappa shape index (κ2) is 1.87. The molecule has 0 radical (unpaired) electrons. The van der Waals surface area contributed by atoms with Gasteiger partial charge in [-0.2, -0.15) is 0 Å². The van der Waals surface area contributed by atoms with Crippen LogP contribution in [0.2, 0.25) is 0 Å². The van der Waals surface area contributed by atoms with E-state index in [1.165, 1.54) is 0 Å². The first-order valence-electron chi connectivity index (χ1n) is 3.33. The molecule has 0 atom stereocenters. The van der Waals surface area contributed by atoms with Gasteiger partial charge in [-0.3, -0.25) is 0 Å². The van der Waals surface area contributed by atoms with Gasteiger partial charge >= 0.3 is 0 Å². The molecule has 1 aromatic heterocycles. The van der Waals surface area contributed by atoms with Crippen molar-refractivity contribution in [1.29, 1.82) is 0 Å². The molecule has 0 spiro atoms. The van der Waals surface area contributed by atoms with Gasteiger partial charge in [0.2, 0.25) is 0 Å². The van der Waals surface area contributed by atoms with Gasteiger partial charge in [-0.1, -0.05) is 6.08 Å². The fourth-order valence-electron chi connectivity index (χ4n) is 1.10. The summed E-state index contributed by atoms with van der Waals surface area (Å²) < 4.78 is 0. The van der Waals surface area contributed by atoms with E-state index in [1.54, 1.807) is 0 Å². The van der Waals surface area contributed by atoms with Gasteiger partial charge in [0, 0.05) is 6.54 Å². The Morgan fingerprint density at radius 2 is 2.50 bits per heavy atom. The monoisotopic (exact) mass is 135 g/mol. The van der Waals surface area contributed by atoms with Crippen molar-refractivity contribution in [3.05, 3.63) is 17.6 Å². The van der Waals surface area contributed by atoms with Crippen LogP contribution in [0.25, 0.3) is 6.08 Å². The molecule has 0 fully saturated rings. The van der Waals surface area contributed by atoms with Crippen molar-refractivity contribution in [2.24, 2.45) is 0 Å². The lowest BCUT2D eigenvalue weighted by atomic mass is 10.3. The predicted octanol–water partition coefficient (Wildman–Crippen LogP) is 1.16. The van der Waals surface area contributed by atoms with Crippen molar-refractivity contribution in [2.45, 2.75) is 6.92 Å². The molecule has 3 nitrogen and oxygen atoms in total. The van der Waals surface area contributed by atoms with E-state index in [1.807, 2.05) is 13.0 Å². The van der Waals surface area contributed by atoms with Crippen LogP contribution in [0.3, 0.4) is 0 Å². The highest BCUT2D eigenvalue weighted by Crippen LogP contribution is 2.16. The Balaban J connectivity index is 2.53. The summed E-state index contributed by atoms with van der Waals surface area (Å²) in [7, 11) is 0. The highest BCUT2D eigenvalue weighted by atomic mass is 15.1. The molecule has 0 aliphatic carbocycles. The number of aromatic amines is 1. The Kier molecular flexibility index (Phi) is 1.03. The topological polar surface area (TPSA) is 40.7 Å². The number of imidazole rings is 1. The Bertz CT molecular complexity index is 272. The van der Waals surface area contributed by atoms with Crippen LogP contribution in [0.1, 0.15) is 11.5 Å². The van der Waals surface area contributed by atoms with Crippen LogP contribution >= 0.6 is 0 Å². The van der Waals surface area contributed by atoms with Gasteiger partial charge in [-0.15, -0.1) is 0 Å². The normalized spacial score (nSPS) is 14.5. The van der Waals surface area contributed by atoms with E-state index in [4.69, 9.17) is 0 Å². The van der Waals surface area contributed by atoms with Crippen molar-refractivity contribution < 1.29 is 0 Å². The van der Waals surface area contributed by atoms with Crippen LogP contribution in [0, 0.1) is 6.92 Å². The number of nitrogens with zero attached hydrogens (tertiary/aromatic N) is 1. The van der Waals surface area contributed by atoms with Crippen molar-refractivity contribution >= 4 is 11.9 Å². The van der Waals surface area contributed by atoms with Crippen LogP contribution in [-0.2, 0) is 0 Å². The fourth-order valence-corrected chi connectivity index (χ4v) is 1.10. The Labute approximate surface area is 59.2 Å². The zero-order chi connectivity index (χ0) is 6.97. The number of hydrogen-bond donors (Lipinski definition) is 2. The van der Waals surface area contributed by atoms with Crippen molar-refractivity contribution in [2.75, 3.05) is 11.9 Å². The van der Waals surface area contributed by atoms with Gasteiger partial charge in [0.05, 0.1) is 5.69 Å². The van der Waals surface area contributed by atoms with Crippen LogP contribution in [-0.4, -0.2) is 16.5 Å². The Morgan fingerprint density at radius 3 is 3.30 bits per heavy atom. The minimum absolute atomic E-state index is 0.886. The standard InChI is InChI=1S/C7H9N3/c1-5-9-6-3-2-4-8-7(6)10-5/h2-3,8H,4H2,1H3,(H,9,10). The summed E-state index contributed by atoms with van der Waals surface area (Å²) in [6.07, 6.45) is 4.12. The predicted molar refractivity (Wildman–Crippen MR) is 40.8 cm³/mol. The maximum absolute atomic E-state index is 4.23. The summed E-state index contributed by atoms with van der Waals surface area (Å²) in [4.78, 5) is 7.37. The molecular weight excluding hydrogens is 126 g/mol. The lowest BCUT2D eigenvalue weighted by molar-refractivity contribution is 1.14. The zero-order valence-electron chi connectivity index (χ0n) is 5.81. The minimum atomic E-state index is 0.886. The molecule has 3 heteroatoms. The summed E-state index contributed by atoms with van der Waals surface area (Å²) in [6, 6.07) is 0. The highest BCUT2D eigenvalue weighted by molar-refractivity contribution is 5.63. The highest BCUT2D eigenvalue weighted by Gasteiger charge is 2.06. The molecule has 0 bridgehead atoms. The van der Waals surface area contributed by atoms with Crippen molar-refractivity contribution in [1.82, 2.24) is 9.97 Å². The molecule has 1 aliphatic heterocycles. The molecule has 0 aromatic carbocycles. The van der Waals surface area contributed by atoms with Gasteiger partial charge in [-0.25, -0.2) is 4.98 Å². The molecule has 2 N–H and O–H groups in total. The molecular formula is C7H9N3. The van der Waals surface area contributed by atoms with E-state index in [0.29, 0.717) is 0 Å². The molecule has 2 heterocycles. The summed E-state index contributed by atoms with van der Waals surface area (Å²) >= 11 is 0. The smallest absolute Gasteiger partial charge is 0.152 e. The van der Waals surface area contributed by atoms with Crippen LogP contribution in [0.15, 0.2) is 6.08 Å². The molecule has 52 valence electrons. The number of hydrogen-bond acceptors (Lipinski definition) is 2. The molecule has 0 amide bonds. The van der Waals surface area contributed by atoms with E-state index in [0.717, 1.165) is 23.9 Å². The van der Waals surface area contributed by atoms with Crippen LogP contribution < -0.4 is 5.32 Å². The second-order valence-corrected chi connectivity index (χ2v) is 2.37. The van der Waals surface area contributed by atoms with Crippen LogP contribution in [0.4, 0.5) is 5.82 Å². The first-order chi connectivity index (χ1) is 4.86. The van der Waals surface area contributed by atoms with E-state index < -0.39 is 0 Å². The molecule has 1 aromatic rings. The third-order valence-corrected chi connectivity index (χ3v) is 1.52. The number of rotatable bonds is 0. The quantitative estimate of drug-likeness (QED) is 0.560. The first kappa shape index (κ1) is 5.53. The summed E-state index contributed by atoms with van der Waals surface area (Å²) in [5.74, 6) is 1.93. The van der Waals surface area contributed by atoms with E-state index in [-0.39, 0.29) is 0 Å². The van der Waals surface area contributed by atoms with E-state index >= 15 is 0 Å². The summed E-state index contributed by atoms with van der Waals surface area (Å²) in [5, 5.41) is 3.15. The summed E-state index contributed by atoms with van der Waals surface area (Å²) in [5.41, 5.74) is 1.09. The average molecular weight is 135 g/mol. The first-order valence-corrected chi connectivity index (χ1v) is 3.33. The average Bonchev–Trinajstić information content (AvgIpc) is 2.27. The largest absolute Gasteiger partial charge is 0.365 e. The van der Waals surface area contributed by atoms with E-state index in [9.17, 15) is 0 Å². The minimum Gasteiger partial charge on any atom is -0.365 e. The van der Waals surface area contributed by atoms with Crippen LogP contribution in [0.5, 0.6) is 0 Å². The number of anilines is 1. The van der Waals surface area contributed by atoms with Gasteiger partial charge < -0.3 is 10.3 Å². The summed E-state index contributed by atoms with van der Waals surface area (Å²) in [6.45, 7) is 2.84. The van der Waals surface area contributed by atoms with Gasteiger partial charge in [0.25, 0.3) is 0 Å². The zero-order valence-corrected chi connectivity index (χ0v) is 5.81. The van der Waals surface area contributed by atoms with Crippen molar-refractivity contribution in [3.8, 4) is 0 Å². The van der Waals surface area contributed by atoms with Gasteiger partial charge in [-0.05, 0) is 13.0 Å². The third kappa shape index (κ3) is 0.708. The maximum atomic E-state index is 4.23.